The zero-order chi connectivity index (χ0) is 16.9. The Morgan fingerprint density at radius 2 is 1.83 bits per heavy atom. The number of thiophene rings is 1. The lowest BCUT2D eigenvalue weighted by molar-refractivity contribution is 0.386. The van der Waals surface area contributed by atoms with Crippen LogP contribution >= 0.6 is 22.9 Å². The van der Waals surface area contributed by atoms with Gasteiger partial charge in [-0.25, -0.2) is 17.5 Å². The molecule has 24 heavy (non-hydrogen) atoms. The number of sulfonamides is 1. The van der Waals surface area contributed by atoms with Crippen molar-refractivity contribution in [3.8, 4) is 0 Å². The topological polar surface area (TPSA) is 46.2 Å². The molecule has 2 bridgehead atoms. The molecule has 0 radical (unpaired) electrons. The van der Waals surface area contributed by atoms with Gasteiger partial charge in [-0.1, -0.05) is 17.7 Å². The number of fused-ring (bicyclic) bond motifs is 3. The lowest BCUT2D eigenvalue weighted by Crippen LogP contribution is -2.41. The zero-order valence-electron chi connectivity index (χ0n) is 12.8. The minimum atomic E-state index is -3.62. The van der Waals surface area contributed by atoms with Crippen LogP contribution < -0.4 is 4.72 Å². The van der Waals surface area contributed by atoms with E-state index in [4.69, 9.17) is 11.6 Å². The van der Waals surface area contributed by atoms with Crippen LogP contribution in [0.25, 0.3) is 0 Å². The van der Waals surface area contributed by atoms with Gasteiger partial charge in [0.15, 0.2) is 4.21 Å². The van der Waals surface area contributed by atoms with E-state index in [-0.39, 0.29) is 32.9 Å². The van der Waals surface area contributed by atoms with Gasteiger partial charge in [0.1, 0.15) is 5.82 Å². The molecule has 2 aromatic rings. The fraction of sp³-hybridized carbons (Fsp3) is 0.412. The van der Waals surface area contributed by atoms with Crippen molar-refractivity contribution >= 4 is 33.0 Å². The molecule has 4 rings (SSSR count). The Morgan fingerprint density at radius 3 is 2.50 bits per heavy atom. The first kappa shape index (κ1) is 16.5. The number of hydrogen-bond donors (Lipinski definition) is 1. The van der Waals surface area contributed by atoms with Crippen LogP contribution in [0.15, 0.2) is 33.9 Å². The van der Waals surface area contributed by atoms with Gasteiger partial charge in [-0.05, 0) is 72.2 Å². The predicted molar refractivity (Wildman–Crippen MR) is 93.5 cm³/mol. The molecular weight excluding hydrogens is 369 g/mol. The normalized spacial score (nSPS) is 26.2. The molecule has 1 saturated carbocycles. The Balaban J connectivity index is 1.63. The summed E-state index contributed by atoms with van der Waals surface area (Å²) in [4.78, 5) is 0. The van der Waals surface area contributed by atoms with Crippen molar-refractivity contribution in [3.05, 3.63) is 51.6 Å². The molecule has 2 aliphatic carbocycles. The van der Waals surface area contributed by atoms with E-state index in [0.29, 0.717) is 0 Å². The fourth-order valence-corrected chi connectivity index (χ4v) is 7.15. The predicted octanol–water partition coefficient (Wildman–Crippen LogP) is 4.01. The van der Waals surface area contributed by atoms with E-state index in [1.807, 2.05) is 6.07 Å². The first-order valence-corrected chi connectivity index (χ1v) is 10.7. The second-order valence-electron chi connectivity index (χ2n) is 6.62. The van der Waals surface area contributed by atoms with E-state index in [1.54, 1.807) is 17.5 Å². The highest BCUT2D eigenvalue weighted by Crippen LogP contribution is 2.41. The van der Waals surface area contributed by atoms with Crippen molar-refractivity contribution in [1.29, 1.82) is 0 Å². The SMILES string of the molecule is O=S(=O)(NC1C2CCC1Cc1cc(F)ccc1C2)c1sccc1Cl. The molecule has 3 unspecified atom stereocenters. The van der Waals surface area contributed by atoms with E-state index in [9.17, 15) is 12.8 Å². The Kier molecular flexibility index (Phi) is 4.19. The summed E-state index contributed by atoms with van der Waals surface area (Å²) in [5, 5.41) is 1.94. The van der Waals surface area contributed by atoms with E-state index in [1.165, 1.54) is 6.07 Å². The van der Waals surface area contributed by atoms with Gasteiger partial charge in [-0.2, -0.15) is 0 Å². The highest BCUT2D eigenvalue weighted by Gasteiger charge is 2.41. The lowest BCUT2D eigenvalue weighted by atomic mass is 9.93. The van der Waals surface area contributed by atoms with E-state index in [2.05, 4.69) is 4.72 Å². The molecule has 0 aliphatic heterocycles. The van der Waals surface area contributed by atoms with E-state index >= 15 is 0 Å². The highest BCUT2D eigenvalue weighted by molar-refractivity contribution is 7.91. The quantitative estimate of drug-likeness (QED) is 0.867. The minimum absolute atomic E-state index is 0.122. The lowest BCUT2D eigenvalue weighted by Gasteiger charge is -2.23. The van der Waals surface area contributed by atoms with Crippen LogP contribution in [0.2, 0.25) is 5.02 Å². The van der Waals surface area contributed by atoms with E-state index < -0.39 is 10.0 Å². The maximum absolute atomic E-state index is 13.5. The smallest absolute Gasteiger partial charge is 0.207 e. The van der Waals surface area contributed by atoms with Gasteiger partial charge in [-0.3, -0.25) is 0 Å². The van der Waals surface area contributed by atoms with Crippen molar-refractivity contribution in [1.82, 2.24) is 4.72 Å². The molecule has 7 heteroatoms. The first-order valence-electron chi connectivity index (χ1n) is 7.96. The van der Waals surface area contributed by atoms with Crippen molar-refractivity contribution in [3.63, 3.8) is 0 Å². The Hall–Kier alpha value is -0.950. The van der Waals surface area contributed by atoms with Crippen LogP contribution in [0.3, 0.4) is 0 Å². The molecule has 1 fully saturated rings. The van der Waals surface area contributed by atoms with Crippen LogP contribution in [0.1, 0.15) is 24.0 Å². The Morgan fingerprint density at radius 1 is 1.12 bits per heavy atom. The van der Waals surface area contributed by atoms with Gasteiger partial charge in [0.25, 0.3) is 10.0 Å². The van der Waals surface area contributed by atoms with Gasteiger partial charge in [-0.15, -0.1) is 11.3 Å². The Labute approximate surface area is 149 Å². The summed E-state index contributed by atoms with van der Waals surface area (Å²) >= 11 is 7.13. The van der Waals surface area contributed by atoms with Crippen molar-refractivity contribution in [2.75, 3.05) is 0 Å². The van der Waals surface area contributed by atoms with E-state index in [0.717, 1.165) is 48.1 Å². The number of hydrogen-bond acceptors (Lipinski definition) is 3. The summed E-state index contributed by atoms with van der Waals surface area (Å²) < 4.78 is 42.0. The molecule has 0 amide bonds. The molecule has 1 aromatic carbocycles. The van der Waals surface area contributed by atoms with Crippen LogP contribution in [0, 0.1) is 17.7 Å². The van der Waals surface area contributed by atoms with Gasteiger partial charge < -0.3 is 0 Å². The number of rotatable bonds is 3. The molecule has 2 aliphatic rings. The zero-order valence-corrected chi connectivity index (χ0v) is 15.2. The molecule has 3 atom stereocenters. The monoisotopic (exact) mass is 385 g/mol. The third-order valence-corrected chi connectivity index (χ3v) is 8.66. The van der Waals surface area contributed by atoms with Crippen LogP contribution in [-0.4, -0.2) is 14.5 Å². The first-order chi connectivity index (χ1) is 11.4. The fourth-order valence-electron chi connectivity index (χ4n) is 4.08. The van der Waals surface area contributed by atoms with Crippen LogP contribution in [-0.2, 0) is 22.9 Å². The second-order valence-corrected chi connectivity index (χ2v) is 9.85. The maximum atomic E-state index is 13.5. The highest BCUT2D eigenvalue weighted by atomic mass is 35.5. The average molecular weight is 386 g/mol. The molecule has 0 spiro atoms. The summed E-state index contributed by atoms with van der Waals surface area (Å²) in [7, 11) is -3.62. The molecule has 128 valence electrons. The number of nitrogens with one attached hydrogen (secondary N) is 1. The summed E-state index contributed by atoms with van der Waals surface area (Å²) in [6, 6.07) is 6.40. The van der Waals surface area contributed by atoms with Gasteiger partial charge in [0.05, 0.1) is 5.02 Å². The molecular formula is C17H17ClFNO2S2. The second kappa shape index (κ2) is 6.09. The van der Waals surface area contributed by atoms with Crippen molar-refractivity contribution in [2.24, 2.45) is 11.8 Å². The van der Waals surface area contributed by atoms with Crippen LogP contribution in [0.5, 0.6) is 0 Å². The summed E-state index contributed by atoms with van der Waals surface area (Å²) in [6.45, 7) is 0. The standard InChI is InChI=1S/C17H17ClFNO2S2/c18-15-5-6-23-17(15)24(21,22)20-16-11-1-2-12(16)8-13-9-14(19)4-3-10(13)7-11/h3-6,9,11-12,16,20H,1-2,7-8H2. The minimum Gasteiger partial charge on any atom is -0.207 e. The largest absolute Gasteiger partial charge is 0.251 e. The molecule has 0 saturated heterocycles. The Bertz CT molecular complexity index is 880. The van der Waals surface area contributed by atoms with Crippen molar-refractivity contribution < 1.29 is 12.8 Å². The van der Waals surface area contributed by atoms with Gasteiger partial charge in [0, 0.05) is 6.04 Å². The van der Waals surface area contributed by atoms with Crippen LogP contribution in [0.4, 0.5) is 4.39 Å². The third kappa shape index (κ3) is 2.90. The molecule has 1 aromatic heterocycles. The number of halogens is 2. The molecule has 1 N–H and O–H groups in total. The summed E-state index contributed by atoms with van der Waals surface area (Å²) in [5.41, 5.74) is 2.16. The van der Waals surface area contributed by atoms with Crippen molar-refractivity contribution in [2.45, 2.75) is 35.9 Å². The summed E-state index contributed by atoms with van der Waals surface area (Å²) in [5.74, 6) is 0.218. The molecule has 1 heterocycles. The third-order valence-electron chi connectivity index (χ3n) is 5.18. The maximum Gasteiger partial charge on any atom is 0.251 e. The summed E-state index contributed by atoms with van der Waals surface area (Å²) in [6.07, 6.45) is 3.46. The van der Waals surface area contributed by atoms with Gasteiger partial charge in [0.2, 0.25) is 0 Å². The number of benzene rings is 1. The molecule has 3 nitrogen and oxygen atoms in total. The average Bonchev–Trinajstić information content (AvgIpc) is 3.05. The van der Waals surface area contributed by atoms with Gasteiger partial charge >= 0.3 is 0 Å².